The van der Waals surface area contributed by atoms with Crippen molar-refractivity contribution in [2.45, 2.75) is 18.9 Å². The summed E-state index contributed by atoms with van der Waals surface area (Å²) in [6, 6.07) is 15.9. The Kier molecular flexibility index (Phi) is 5.72. The van der Waals surface area contributed by atoms with Crippen molar-refractivity contribution in [3.8, 4) is 0 Å². The van der Waals surface area contributed by atoms with Gasteiger partial charge in [0, 0.05) is 32.7 Å². The first-order chi connectivity index (χ1) is 14.5. The van der Waals surface area contributed by atoms with Gasteiger partial charge in [-0.05, 0) is 37.6 Å². The van der Waals surface area contributed by atoms with Gasteiger partial charge in [-0.15, -0.1) is 0 Å². The highest BCUT2D eigenvalue weighted by Crippen LogP contribution is 2.28. The quantitative estimate of drug-likeness (QED) is 0.744. The minimum atomic E-state index is -1.01. The van der Waals surface area contributed by atoms with Gasteiger partial charge in [0.15, 0.2) is 0 Å². The molecule has 6 nitrogen and oxygen atoms in total. The largest absolute Gasteiger partial charge is 0.367 e. The number of anilines is 1. The van der Waals surface area contributed by atoms with Crippen molar-refractivity contribution < 1.29 is 14.0 Å². The van der Waals surface area contributed by atoms with Crippen LogP contribution in [-0.4, -0.2) is 61.0 Å². The average Bonchev–Trinajstić information content (AvgIpc) is 2.99. The van der Waals surface area contributed by atoms with E-state index < -0.39 is 5.54 Å². The van der Waals surface area contributed by atoms with Crippen LogP contribution in [0.1, 0.15) is 18.9 Å². The van der Waals surface area contributed by atoms with E-state index >= 15 is 0 Å². The zero-order valence-electron chi connectivity index (χ0n) is 17.2. The van der Waals surface area contributed by atoms with Crippen LogP contribution in [-0.2, 0) is 10.3 Å². The van der Waals surface area contributed by atoms with Crippen LogP contribution in [0.15, 0.2) is 54.6 Å². The lowest BCUT2D eigenvalue weighted by Crippen LogP contribution is -2.47. The lowest BCUT2D eigenvalue weighted by atomic mass is 9.92. The maximum absolute atomic E-state index is 14.0. The Labute approximate surface area is 176 Å². The molecule has 3 amide bonds. The molecule has 7 heteroatoms. The molecule has 0 radical (unpaired) electrons. The van der Waals surface area contributed by atoms with Gasteiger partial charge in [0.1, 0.15) is 11.4 Å². The number of benzene rings is 2. The molecule has 2 saturated heterocycles. The molecule has 2 heterocycles. The molecular weight excluding hydrogens is 383 g/mol. The smallest absolute Gasteiger partial charge is 0.325 e. The predicted octanol–water partition coefficient (Wildman–Crippen LogP) is 2.81. The lowest BCUT2D eigenvalue weighted by molar-refractivity contribution is -0.131. The van der Waals surface area contributed by atoms with Crippen LogP contribution in [0.4, 0.5) is 14.9 Å². The van der Waals surface area contributed by atoms with Crippen LogP contribution in [0.5, 0.6) is 0 Å². The first-order valence-electron chi connectivity index (χ1n) is 10.4. The van der Waals surface area contributed by atoms with Crippen molar-refractivity contribution in [3.63, 3.8) is 0 Å². The van der Waals surface area contributed by atoms with Crippen molar-refractivity contribution >= 4 is 17.6 Å². The number of nitrogens with one attached hydrogen (secondary N) is 1. The van der Waals surface area contributed by atoms with E-state index in [-0.39, 0.29) is 17.8 Å². The minimum absolute atomic E-state index is 0.189. The summed E-state index contributed by atoms with van der Waals surface area (Å²) in [5.41, 5.74) is 0.427. The second kappa shape index (κ2) is 8.44. The monoisotopic (exact) mass is 410 g/mol. The Morgan fingerprint density at radius 2 is 1.60 bits per heavy atom. The Balaban J connectivity index is 1.28. The highest BCUT2D eigenvalue weighted by atomic mass is 19.1. The summed E-state index contributed by atoms with van der Waals surface area (Å²) in [5.74, 6) is -0.394. The molecular formula is C23H27FN4O2. The van der Waals surface area contributed by atoms with E-state index in [0.717, 1.165) is 38.3 Å². The van der Waals surface area contributed by atoms with Gasteiger partial charge < -0.3 is 10.2 Å². The fourth-order valence-corrected chi connectivity index (χ4v) is 4.24. The number of nitrogens with zero attached hydrogens (tertiary/aromatic N) is 3. The predicted molar refractivity (Wildman–Crippen MR) is 114 cm³/mol. The summed E-state index contributed by atoms with van der Waals surface area (Å²) in [6.45, 7) is 6.12. The molecule has 0 spiro atoms. The summed E-state index contributed by atoms with van der Waals surface area (Å²) < 4.78 is 14.0. The van der Waals surface area contributed by atoms with Crippen LogP contribution in [0.2, 0.25) is 0 Å². The molecule has 0 aliphatic carbocycles. The van der Waals surface area contributed by atoms with Crippen LogP contribution < -0.4 is 10.2 Å². The Morgan fingerprint density at radius 1 is 0.933 bits per heavy atom. The Hall–Kier alpha value is -2.93. The second-order valence-corrected chi connectivity index (χ2v) is 8.01. The molecule has 2 aliphatic heterocycles. The van der Waals surface area contributed by atoms with Crippen molar-refractivity contribution in [1.29, 1.82) is 0 Å². The molecule has 1 N–H and O–H groups in total. The van der Waals surface area contributed by atoms with Gasteiger partial charge in [-0.25, -0.2) is 9.18 Å². The molecule has 0 saturated carbocycles. The number of hydrogen-bond donors (Lipinski definition) is 1. The topological polar surface area (TPSA) is 55.9 Å². The molecule has 2 aromatic carbocycles. The zero-order valence-corrected chi connectivity index (χ0v) is 17.2. The van der Waals surface area contributed by atoms with Gasteiger partial charge in [0.25, 0.3) is 5.91 Å². The molecule has 4 rings (SSSR count). The van der Waals surface area contributed by atoms with Crippen molar-refractivity contribution in [2.24, 2.45) is 0 Å². The number of carbonyl (C=O) groups is 2. The molecule has 2 aromatic rings. The third-order valence-corrected chi connectivity index (χ3v) is 6.05. The maximum Gasteiger partial charge on any atom is 0.325 e. The standard InChI is InChI=1S/C23H27FN4O2/c1-23(18-8-3-2-4-9-18)21(29)28(22(30)25-23)13-7-12-26-14-16-27(17-15-26)20-11-6-5-10-19(20)24/h2-6,8-11H,7,12-17H2,1H3,(H,25,30). The van der Waals surface area contributed by atoms with Gasteiger partial charge in [-0.3, -0.25) is 14.6 Å². The normalized spacial score (nSPS) is 22.5. The number of piperazine rings is 1. The minimum Gasteiger partial charge on any atom is -0.367 e. The third kappa shape index (κ3) is 3.89. The maximum atomic E-state index is 14.0. The van der Waals surface area contributed by atoms with Gasteiger partial charge in [-0.2, -0.15) is 0 Å². The van der Waals surface area contributed by atoms with E-state index in [1.54, 1.807) is 13.0 Å². The van der Waals surface area contributed by atoms with E-state index in [1.807, 2.05) is 42.5 Å². The third-order valence-electron chi connectivity index (χ3n) is 6.05. The SMILES string of the molecule is CC1(c2ccccc2)NC(=O)N(CCCN2CCN(c3ccccc3F)CC2)C1=O. The number of hydrogen-bond acceptors (Lipinski definition) is 4. The van der Waals surface area contributed by atoms with Crippen LogP contribution in [0.3, 0.4) is 0 Å². The summed E-state index contributed by atoms with van der Waals surface area (Å²) >= 11 is 0. The van der Waals surface area contributed by atoms with Gasteiger partial charge in [0.05, 0.1) is 5.69 Å². The van der Waals surface area contributed by atoms with Gasteiger partial charge in [-0.1, -0.05) is 42.5 Å². The van der Waals surface area contributed by atoms with Crippen molar-refractivity contribution in [1.82, 2.24) is 15.1 Å². The van der Waals surface area contributed by atoms with E-state index in [9.17, 15) is 14.0 Å². The average molecular weight is 410 g/mol. The number of imide groups is 1. The number of carbonyl (C=O) groups excluding carboxylic acids is 2. The summed E-state index contributed by atoms with van der Waals surface area (Å²) in [7, 11) is 0. The molecule has 2 aliphatic rings. The van der Waals surface area contributed by atoms with Crippen molar-refractivity contribution in [2.75, 3.05) is 44.2 Å². The highest BCUT2D eigenvalue weighted by molar-refractivity contribution is 6.07. The van der Waals surface area contributed by atoms with E-state index in [0.29, 0.717) is 18.7 Å². The fraction of sp³-hybridized carbons (Fsp3) is 0.391. The van der Waals surface area contributed by atoms with Gasteiger partial charge in [0.2, 0.25) is 0 Å². The number of rotatable bonds is 6. The van der Waals surface area contributed by atoms with E-state index in [1.165, 1.54) is 11.0 Å². The number of amides is 3. The Morgan fingerprint density at radius 3 is 2.30 bits per heavy atom. The fourth-order valence-electron chi connectivity index (χ4n) is 4.24. The molecule has 1 atom stereocenters. The number of halogens is 1. The summed E-state index contributed by atoms with van der Waals surface area (Å²) in [6.07, 6.45) is 0.712. The summed E-state index contributed by atoms with van der Waals surface area (Å²) in [4.78, 5) is 31.0. The first-order valence-corrected chi connectivity index (χ1v) is 10.4. The van der Waals surface area contributed by atoms with Crippen LogP contribution >= 0.6 is 0 Å². The highest BCUT2D eigenvalue weighted by Gasteiger charge is 2.48. The van der Waals surface area contributed by atoms with E-state index in [2.05, 4.69) is 15.1 Å². The second-order valence-electron chi connectivity index (χ2n) is 8.01. The zero-order chi connectivity index (χ0) is 21.1. The number of urea groups is 1. The molecule has 0 bridgehead atoms. The molecule has 30 heavy (non-hydrogen) atoms. The van der Waals surface area contributed by atoms with E-state index in [4.69, 9.17) is 0 Å². The first kappa shape index (κ1) is 20.3. The Bertz CT molecular complexity index is 914. The molecule has 1 unspecified atom stereocenters. The lowest BCUT2D eigenvalue weighted by Gasteiger charge is -2.36. The summed E-state index contributed by atoms with van der Waals surface area (Å²) in [5, 5.41) is 2.85. The molecule has 158 valence electrons. The molecule has 2 fully saturated rings. The van der Waals surface area contributed by atoms with Crippen LogP contribution in [0, 0.1) is 5.82 Å². The van der Waals surface area contributed by atoms with Crippen LogP contribution in [0.25, 0.3) is 0 Å². The number of para-hydroxylation sites is 1. The molecule has 0 aromatic heterocycles. The van der Waals surface area contributed by atoms with Gasteiger partial charge >= 0.3 is 6.03 Å². The van der Waals surface area contributed by atoms with Crippen molar-refractivity contribution in [3.05, 3.63) is 66.0 Å².